The van der Waals surface area contributed by atoms with Gasteiger partial charge in [-0.25, -0.2) is 0 Å². The van der Waals surface area contributed by atoms with Gasteiger partial charge < -0.3 is 20.3 Å². The predicted octanol–water partition coefficient (Wildman–Crippen LogP) is 20.6. The summed E-state index contributed by atoms with van der Waals surface area (Å²) in [5.74, 6) is -0.0234. The van der Waals surface area contributed by atoms with Crippen molar-refractivity contribution in [3.8, 4) is 0 Å². The zero-order valence-corrected chi connectivity index (χ0v) is 48.7. The van der Waals surface area contributed by atoms with Crippen LogP contribution in [-0.4, -0.2) is 47.4 Å². The molecule has 0 radical (unpaired) electrons. The summed E-state index contributed by atoms with van der Waals surface area (Å²) in [6.45, 7) is 4.96. The van der Waals surface area contributed by atoms with E-state index >= 15 is 0 Å². The maximum atomic E-state index is 12.4. The Kier molecular flexibility index (Phi) is 60.5. The highest BCUT2D eigenvalue weighted by atomic mass is 16.5. The number of hydrogen-bond donors (Lipinski definition) is 3. The molecule has 2 atom stereocenters. The summed E-state index contributed by atoms with van der Waals surface area (Å²) >= 11 is 0. The Bertz CT molecular complexity index is 1120. The van der Waals surface area contributed by atoms with Crippen molar-refractivity contribution in [2.45, 2.75) is 373 Å². The third kappa shape index (κ3) is 57.6. The number of ether oxygens (including phenoxy) is 1. The minimum Gasteiger partial charge on any atom is -0.466 e. The van der Waals surface area contributed by atoms with E-state index in [9.17, 15) is 19.8 Å². The molecule has 0 bridgehead atoms. The Morgan fingerprint density at radius 3 is 0.986 bits per heavy atom. The molecule has 3 N–H and O–H groups in total. The Labute approximate surface area is 450 Å². The van der Waals surface area contributed by atoms with Gasteiger partial charge >= 0.3 is 5.97 Å². The molecule has 0 aromatic rings. The molecule has 0 aromatic heterocycles. The number of carbonyl (C=O) groups is 2. The van der Waals surface area contributed by atoms with Crippen molar-refractivity contribution in [2.24, 2.45) is 0 Å². The molecule has 0 spiro atoms. The highest BCUT2D eigenvalue weighted by Crippen LogP contribution is 2.18. The van der Waals surface area contributed by atoms with E-state index in [0.29, 0.717) is 25.9 Å². The van der Waals surface area contributed by atoms with E-state index in [-0.39, 0.29) is 18.5 Å². The Morgan fingerprint density at radius 1 is 0.375 bits per heavy atom. The quantitative estimate of drug-likeness (QED) is 0.0320. The van der Waals surface area contributed by atoms with Crippen molar-refractivity contribution in [3.05, 3.63) is 24.3 Å². The first kappa shape index (κ1) is 70.3. The van der Waals surface area contributed by atoms with E-state index < -0.39 is 12.1 Å². The minimum absolute atomic E-state index is 0.0122. The van der Waals surface area contributed by atoms with Gasteiger partial charge in [0, 0.05) is 12.8 Å². The molecule has 0 rings (SSSR count). The van der Waals surface area contributed by atoms with Crippen LogP contribution in [0.3, 0.4) is 0 Å². The molecular formula is C66H127NO5. The highest BCUT2D eigenvalue weighted by molar-refractivity contribution is 5.76. The highest BCUT2D eigenvalue weighted by Gasteiger charge is 2.20. The van der Waals surface area contributed by atoms with Crippen LogP contribution in [0.4, 0.5) is 0 Å². The zero-order chi connectivity index (χ0) is 52.2. The van der Waals surface area contributed by atoms with Crippen LogP contribution in [0, 0.1) is 0 Å². The summed E-state index contributed by atoms with van der Waals surface area (Å²) in [5.41, 5.74) is 0. The lowest BCUT2D eigenvalue weighted by atomic mass is 10.0. The number of aliphatic hydroxyl groups excluding tert-OH is 2. The molecule has 0 fully saturated rings. The molecule has 1 amide bonds. The second kappa shape index (κ2) is 61.9. The van der Waals surface area contributed by atoms with E-state index in [1.165, 1.54) is 283 Å². The van der Waals surface area contributed by atoms with Gasteiger partial charge in [0.1, 0.15) is 0 Å². The SMILES string of the molecule is CCCCCCCC/C=C\CCCCCCCCCC(=O)OCCCCCCCCCCCCCC/C=C\CCCCCCCCCCCCCC(=O)NC(CO)C(O)CCCCCCCCCCCCC. The minimum atomic E-state index is -0.663. The number of nitrogens with one attached hydrogen (secondary N) is 1. The fourth-order valence-corrected chi connectivity index (χ4v) is 10.2. The second-order valence-corrected chi connectivity index (χ2v) is 22.4. The molecule has 426 valence electrons. The number of esters is 1. The van der Waals surface area contributed by atoms with Crippen molar-refractivity contribution < 1.29 is 24.5 Å². The van der Waals surface area contributed by atoms with E-state index in [0.717, 1.165) is 44.9 Å². The lowest BCUT2D eigenvalue weighted by molar-refractivity contribution is -0.143. The monoisotopic (exact) mass is 1010 g/mol. The summed E-state index contributed by atoms with van der Waals surface area (Å²) in [5, 5.41) is 23.2. The summed E-state index contributed by atoms with van der Waals surface area (Å²) < 4.78 is 5.50. The molecule has 0 aliphatic heterocycles. The molecule has 0 saturated carbocycles. The molecular weight excluding hydrogens is 887 g/mol. The Morgan fingerprint density at radius 2 is 0.653 bits per heavy atom. The smallest absolute Gasteiger partial charge is 0.305 e. The maximum absolute atomic E-state index is 12.4. The molecule has 72 heavy (non-hydrogen) atoms. The van der Waals surface area contributed by atoms with Gasteiger partial charge in [-0.15, -0.1) is 0 Å². The average Bonchev–Trinajstić information content (AvgIpc) is 3.38. The molecule has 6 heteroatoms. The summed E-state index contributed by atoms with van der Waals surface area (Å²) in [7, 11) is 0. The maximum Gasteiger partial charge on any atom is 0.305 e. The van der Waals surface area contributed by atoms with Crippen molar-refractivity contribution >= 4 is 11.9 Å². The third-order valence-electron chi connectivity index (χ3n) is 15.2. The standard InChI is InChI=1S/C66H127NO5/c1-3-5-7-9-11-13-15-16-17-29-33-36-40-44-48-52-56-60-66(71)72-61-57-53-49-45-41-37-34-31-28-26-24-22-20-18-19-21-23-25-27-30-32-35-39-43-47-51-55-59-65(70)67-63(62-68)64(69)58-54-50-46-42-38-14-12-10-8-6-4-2/h16-19,63-64,68-69H,3-15,20-62H2,1-2H3,(H,67,70)/b17-16-,19-18-. The molecule has 2 unspecified atom stereocenters. The van der Waals surface area contributed by atoms with Crippen LogP contribution < -0.4 is 5.32 Å². The first-order chi connectivity index (χ1) is 35.5. The van der Waals surface area contributed by atoms with E-state index in [4.69, 9.17) is 4.74 Å². The summed E-state index contributed by atoms with van der Waals surface area (Å²) in [6, 6.07) is -0.540. The van der Waals surface area contributed by atoms with E-state index in [1.807, 2.05) is 0 Å². The summed E-state index contributed by atoms with van der Waals surface area (Å²) in [4.78, 5) is 24.5. The first-order valence-corrected chi connectivity index (χ1v) is 32.6. The van der Waals surface area contributed by atoms with Gasteiger partial charge in [-0.2, -0.15) is 0 Å². The molecule has 0 saturated heterocycles. The van der Waals surface area contributed by atoms with E-state index in [2.05, 4.69) is 43.5 Å². The van der Waals surface area contributed by atoms with Crippen molar-refractivity contribution in [2.75, 3.05) is 13.2 Å². The van der Waals surface area contributed by atoms with Gasteiger partial charge in [0.15, 0.2) is 0 Å². The number of amides is 1. The third-order valence-corrected chi connectivity index (χ3v) is 15.2. The van der Waals surface area contributed by atoms with Crippen molar-refractivity contribution in [3.63, 3.8) is 0 Å². The van der Waals surface area contributed by atoms with Gasteiger partial charge in [0.05, 0.1) is 25.4 Å². The van der Waals surface area contributed by atoms with Crippen LogP contribution in [0.2, 0.25) is 0 Å². The number of unbranched alkanes of at least 4 members (excludes halogenated alkanes) is 46. The van der Waals surface area contributed by atoms with Crippen LogP contribution >= 0.6 is 0 Å². The lowest BCUT2D eigenvalue weighted by Gasteiger charge is -2.22. The summed E-state index contributed by atoms with van der Waals surface area (Å²) in [6.07, 6.45) is 76.4. The topological polar surface area (TPSA) is 95.9 Å². The molecule has 6 nitrogen and oxygen atoms in total. The normalized spacial score (nSPS) is 12.7. The number of hydrogen-bond acceptors (Lipinski definition) is 5. The van der Waals surface area contributed by atoms with Crippen molar-refractivity contribution in [1.29, 1.82) is 0 Å². The molecule has 0 aliphatic carbocycles. The van der Waals surface area contributed by atoms with Gasteiger partial charge in [0.25, 0.3) is 0 Å². The second-order valence-electron chi connectivity index (χ2n) is 22.4. The van der Waals surface area contributed by atoms with Crippen LogP contribution in [0.5, 0.6) is 0 Å². The Balaban J connectivity index is 3.35. The number of aliphatic hydroxyl groups is 2. The largest absolute Gasteiger partial charge is 0.466 e. The van der Waals surface area contributed by atoms with E-state index in [1.54, 1.807) is 0 Å². The average molecular weight is 1010 g/mol. The fourth-order valence-electron chi connectivity index (χ4n) is 10.2. The Hall–Kier alpha value is -1.66. The van der Waals surface area contributed by atoms with Crippen LogP contribution in [0.25, 0.3) is 0 Å². The van der Waals surface area contributed by atoms with Crippen LogP contribution in [0.15, 0.2) is 24.3 Å². The number of carbonyl (C=O) groups excluding carboxylic acids is 2. The molecule has 0 aromatic carbocycles. The van der Waals surface area contributed by atoms with Crippen LogP contribution in [0.1, 0.15) is 361 Å². The molecule has 0 heterocycles. The lowest BCUT2D eigenvalue weighted by Crippen LogP contribution is -2.45. The number of allylic oxidation sites excluding steroid dienone is 4. The van der Waals surface area contributed by atoms with Crippen LogP contribution in [-0.2, 0) is 14.3 Å². The fraction of sp³-hybridized carbons (Fsp3) is 0.909. The number of rotatable bonds is 61. The van der Waals surface area contributed by atoms with Gasteiger partial charge in [0.2, 0.25) is 5.91 Å². The van der Waals surface area contributed by atoms with Gasteiger partial charge in [-0.1, -0.05) is 295 Å². The van der Waals surface area contributed by atoms with Crippen molar-refractivity contribution in [1.82, 2.24) is 5.32 Å². The van der Waals surface area contributed by atoms with Gasteiger partial charge in [-0.05, 0) is 77.0 Å². The zero-order valence-electron chi connectivity index (χ0n) is 48.7. The predicted molar refractivity (Wildman–Crippen MR) is 315 cm³/mol. The van der Waals surface area contributed by atoms with Gasteiger partial charge in [-0.3, -0.25) is 9.59 Å². The first-order valence-electron chi connectivity index (χ1n) is 32.6. The molecule has 0 aliphatic rings.